The predicted molar refractivity (Wildman–Crippen MR) is 64.7 cm³/mol. The summed E-state index contributed by atoms with van der Waals surface area (Å²) in [4.78, 5) is 0. The summed E-state index contributed by atoms with van der Waals surface area (Å²) in [5.74, 6) is -1.04. The van der Waals surface area contributed by atoms with E-state index in [9.17, 15) is 36.6 Å². The van der Waals surface area contributed by atoms with E-state index >= 15 is 0 Å². The van der Waals surface area contributed by atoms with Gasteiger partial charge in [0.2, 0.25) is 0 Å². The number of benzene rings is 1. The van der Waals surface area contributed by atoms with Crippen LogP contribution in [0.5, 0.6) is 5.75 Å². The van der Waals surface area contributed by atoms with Crippen molar-refractivity contribution in [3.8, 4) is 5.75 Å². The Morgan fingerprint density at radius 1 is 1.05 bits per heavy atom. The van der Waals surface area contributed by atoms with Crippen LogP contribution in [-0.4, -0.2) is 40.7 Å². The third-order valence-electron chi connectivity index (χ3n) is 2.58. The molecule has 126 valence electrons. The quantitative estimate of drug-likeness (QED) is 0.610. The summed E-state index contributed by atoms with van der Waals surface area (Å²) < 4.78 is 78.2. The predicted octanol–water partition coefficient (Wildman–Crippen LogP) is 3.19. The minimum absolute atomic E-state index is 0.0661. The van der Waals surface area contributed by atoms with E-state index in [4.69, 9.17) is 11.6 Å². The molecule has 0 heterocycles. The van der Waals surface area contributed by atoms with Gasteiger partial charge >= 0.3 is 12.3 Å². The average molecular weight is 353 g/mol. The van der Waals surface area contributed by atoms with Crippen LogP contribution in [0.25, 0.3) is 0 Å². The molecule has 0 amide bonds. The van der Waals surface area contributed by atoms with Crippen molar-refractivity contribution >= 4 is 11.6 Å². The Morgan fingerprint density at radius 2 is 1.55 bits per heavy atom. The van der Waals surface area contributed by atoms with Gasteiger partial charge in [-0.25, -0.2) is 4.39 Å². The lowest BCUT2D eigenvalue weighted by Crippen LogP contribution is -2.45. The van der Waals surface area contributed by atoms with E-state index in [1.54, 1.807) is 0 Å². The summed E-state index contributed by atoms with van der Waals surface area (Å²) >= 11 is 5.31. The van der Waals surface area contributed by atoms with E-state index in [2.05, 4.69) is 4.74 Å². The summed E-state index contributed by atoms with van der Waals surface area (Å²) in [5.41, 5.74) is 0.0661. The summed E-state index contributed by atoms with van der Waals surface area (Å²) in [5, 5.41) is 18.9. The molecule has 2 unspecified atom stereocenters. The second-order valence-electron chi connectivity index (χ2n) is 4.30. The highest BCUT2D eigenvalue weighted by molar-refractivity contribution is 6.18. The molecule has 0 fully saturated rings. The molecule has 1 rings (SSSR count). The lowest BCUT2D eigenvalue weighted by Gasteiger charge is -2.23. The van der Waals surface area contributed by atoms with Gasteiger partial charge in [-0.2, -0.15) is 22.0 Å². The molecule has 0 saturated heterocycles. The van der Waals surface area contributed by atoms with E-state index in [0.29, 0.717) is 0 Å². The maximum atomic E-state index is 13.0. The fourth-order valence-electron chi connectivity index (χ4n) is 1.44. The molecule has 3 atom stereocenters. The first-order chi connectivity index (χ1) is 9.99. The third-order valence-corrected chi connectivity index (χ3v) is 2.90. The van der Waals surface area contributed by atoms with Gasteiger partial charge in [0.25, 0.3) is 6.17 Å². The first-order valence-electron chi connectivity index (χ1n) is 5.78. The van der Waals surface area contributed by atoms with Crippen LogP contribution in [0.15, 0.2) is 24.3 Å². The van der Waals surface area contributed by atoms with Gasteiger partial charge in [0.05, 0.1) is 12.0 Å². The molecule has 0 spiro atoms. The SMILES string of the molecule is OC(CCl)C(O)c1ccc(OC(F)(F)[C@H](F)C(F)(F)F)cc1. The molecule has 0 aliphatic carbocycles. The zero-order valence-electron chi connectivity index (χ0n) is 10.7. The van der Waals surface area contributed by atoms with E-state index in [0.717, 1.165) is 24.3 Å². The Balaban J connectivity index is 2.84. The van der Waals surface area contributed by atoms with Gasteiger partial charge in [0.15, 0.2) is 0 Å². The second-order valence-corrected chi connectivity index (χ2v) is 4.61. The van der Waals surface area contributed by atoms with Crippen molar-refractivity contribution in [2.24, 2.45) is 0 Å². The fraction of sp³-hybridized carbons (Fsp3) is 0.500. The summed E-state index contributed by atoms with van der Waals surface area (Å²) in [7, 11) is 0. The number of alkyl halides is 7. The molecular weight excluding hydrogens is 342 g/mol. The molecular formula is C12H11ClF6O3. The van der Waals surface area contributed by atoms with Crippen molar-refractivity contribution in [2.75, 3.05) is 5.88 Å². The van der Waals surface area contributed by atoms with Gasteiger partial charge in [0.1, 0.15) is 11.9 Å². The standard InChI is InChI=1S/C12H11ClF6O3/c13-5-8(20)9(21)6-1-3-7(4-2-6)22-12(18,19)10(14)11(15,16)17/h1-4,8-10,20-21H,5H2/t8?,9?,10-/m1/s1. The molecule has 0 aromatic heterocycles. The van der Waals surface area contributed by atoms with E-state index in [-0.39, 0.29) is 11.4 Å². The highest BCUT2D eigenvalue weighted by atomic mass is 35.5. The van der Waals surface area contributed by atoms with Crippen molar-refractivity contribution in [3.05, 3.63) is 29.8 Å². The van der Waals surface area contributed by atoms with Gasteiger partial charge in [-0.05, 0) is 17.7 Å². The summed E-state index contributed by atoms with van der Waals surface area (Å²) in [6, 6.07) is 3.65. The molecule has 0 aliphatic rings. The van der Waals surface area contributed by atoms with Gasteiger partial charge in [0, 0.05) is 0 Å². The molecule has 0 radical (unpaired) electrons. The highest BCUT2D eigenvalue weighted by Crippen LogP contribution is 2.36. The number of hydrogen-bond donors (Lipinski definition) is 2. The van der Waals surface area contributed by atoms with Crippen LogP contribution in [0.2, 0.25) is 0 Å². The smallest absolute Gasteiger partial charge is 0.430 e. The molecule has 3 nitrogen and oxygen atoms in total. The molecule has 0 saturated carbocycles. The van der Waals surface area contributed by atoms with Gasteiger partial charge in [-0.1, -0.05) is 12.1 Å². The lowest BCUT2D eigenvalue weighted by atomic mass is 10.1. The lowest BCUT2D eigenvalue weighted by molar-refractivity contribution is -0.304. The highest BCUT2D eigenvalue weighted by Gasteiger charge is 2.59. The van der Waals surface area contributed by atoms with Gasteiger partial charge in [-0.3, -0.25) is 0 Å². The minimum Gasteiger partial charge on any atom is -0.430 e. The second kappa shape index (κ2) is 6.93. The van der Waals surface area contributed by atoms with Crippen LogP contribution in [-0.2, 0) is 0 Å². The zero-order chi connectivity index (χ0) is 17.1. The normalized spacial score (nSPS) is 17.0. The van der Waals surface area contributed by atoms with E-state index in [1.807, 2.05) is 0 Å². The Labute approximate surface area is 126 Å². The minimum atomic E-state index is -5.77. The number of halogens is 7. The Kier molecular flexibility index (Phi) is 5.94. The number of rotatable bonds is 6. The zero-order valence-corrected chi connectivity index (χ0v) is 11.5. The summed E-state index contributed by atoms with van der Waals surface area (Å²) in [6.45, 7) is 0. The largest absolute Gasteiger partial charge is 0.439 e. The van der Waals surface area contributed by atoms with Gasteiger partial charge in [-0.15, -0.1) is 11.6 Å². The van der Waals surface area contributed by atoms with E-state index < -0.39 is 36.4 Å². The Bertz CT molecular complexity index is 479. The van der Waals surface area contributed by atoms with Crippen molar-refractivity contribution in [1.29, 1.82) is 0 Å². The maximum absolute atomic E-state index is 13.0. The van der Waals surface area contributed by atoms with Crippen LogP contribution in [0, 0.1) is 0 Å². The van der Waals surface area contributed by atoms with Gasteiger partial charge < -0.3 is 14.9 Å². The molecule has 2 N–H and O–H groups in total. The summed E-state index contributed by atoms with van der Waals surface area (Å²) in [6.07, 6.45) is -18.1. The van der Waals surface area contributed by atoms with Crippen molar-refractivity contribution in [2.45, 2.75) is 30.7 Å². The van der Waals surface area contributed by atoms with Crippen LogP contribution in [0.1, 0.15) is 11.7 Å². The van der Waals surface area contributed by atoms with Crippen molar-refractivity contribution < 1.29 is 41.3 Å². The monoisotopic (exact) mass is 352 g/mol. The van der Waals surface area contributed by atoms with Crippen LogP contribution in [0.3, 0.4) is 0 Å². The maximum Gasteiger partial charge on any atom is 0.439 e. The molecule has 0 bridgehead atoms. The topological polar surface area (TPSA) is 49.7 Å². The fourth-order valence-corrected chi connectivity index (χ4v) is 1.61. The molecule has 1 aromatic carbocycles. The van der Waals surface area contributed by atoms with Crippen LogP contribution < -0.4 is 4.74 Å². The first kappa shape index (κ1) is 18.9. The number of aliphatic hydroxyl groups excluding tert-OH is 2. The average Bonchev–Trinajstić information content (AvgIpc) is 2.44. The number of hydrogen-bond acceptors (Lipinski definition) is 3. The molecule has 1 aromatic rings. The van der Waals surface area contributed by atoms with Crippen molar-refractivity contribution in [1.82, 2.24) is 0 Å². The van der Waals surface area contributed by atoms with E-state index in [1.165, 1.54) is 0 Å². The Morgan fingerprint density at radius 3 is 1.95 bits per heavy atom. The molecule has 22 heavy (non-hydrogen) atoms. The number of ether oxygens (including phenoxy) is 1. The number of aliphatic hydroxyl groups is 2. The Hall–Kier alpha value is -1.19. The van der Waals surface area contributed by atoms with Crippen LogP contribution >= 0.6 is 11.6 Å². The third kappa shape index (κ3) is 4.65. The van der Waals surface area contributed by atoms with Crippen molar-refractivity contribution in [3.63, 3.8) is 0 Å². The molecule has 10 heteroatoms. The first-order valence-corrected chi connectivity index (χ1v) is 6.32. The van der Waals surface area contributed by atoms with Crippen LogP contribution in [0.4, 0.5) is 26.3 Å². The molecule has 0 aliphatic heterocycles.